The highest BCUT2D eigenvalue weighted by Gasteiger charge is 2.19. The first-order valence-corrected chi connectivity index (χ1v) is 16.6. The average Bonchev–Trinajstić information content (AvgIpc) is 3.79. The lowest BCUT2D eigenvalue weighted by atomic mass is 10.0. The Bertz CT molecular complexity index is 2880. The zero-order chi connectivity index (χ0) is 31.1. The van der Waals surface area contributed by atoms with Gasteiger partial charge in [0, 0.05) is 53.1 Å². The number of para-hydroxylation sites is 2. The molecule has 0 saturated heterocycles. The number of benzene rings is 7. The van der Waals surface area contributed by atoms with Crippen molar-refractivity contribution in [2.75, 3.05) is 0 Å². The molecule has 3 heterocycles. The molecule has 0 saturated carbocycles. The summed E-state index contributed by atoms with van der Waals surface area (Å²) < 4.78 is 7.26. The van der Waals surface area contributed by atoms with E-state index in [9.17, 15) is 5.26 Å². The molecule has 218 valence electrons. The topological polar surface area (TPSA) is 33.6 Å². The number of nitrogens with zero attached hydrogens (tertiary/aromatic N) is 3. The maximum absolute atomic E-state index is 9.85. The molecule has 0 aliphatic rings. The van der Waals surface area contributed by atoms with E-state index in [0.29, 0.717) is 5.56 Å². The van der Waals surface area contributed by atoms with Crippen LogP contribution >= 0.6 is 11.3 Å². The van der Waals surface area contributed by atoms with E-state index in [0.717, 1.165) is 38.9 Å². The van der Waals surface area contributed by atoms with Crippen LogP contribution in [0.4, 0.5) is 0 Å². The van der Waals surface area contributed by atoms with Crippen molar-refractivity contribution in [1.29, 1.82) is 5.26 Å². The van der Waals surface area contributed by atoms with Crippen LogP contribution in [0.1, 0.15) is 5.56 Å². The van der Waals surface area contributed by atoms with E-state index in [1.54, 1.807) is 0 Å². The van der Waals surface area contributed by atoms with Gasteiger partial charge in [0.1, 0.15) is 0 Å². The fourth-order valence-corrected chi connectivity index (χ4v) is 8.64. The Morgan fingerprint density at radius 3 is 1.68 bits per heavy atom. The molecule has 0 bridgehead atoms. The van der Waals surface area contributed by atoms with Crippen LogP contribution in [-0.2, 0) is 0 Å². The third kappa shape index (κ3) is 3.78. The molecule has 0 radical (unpaired) electrons. The summed E-state index contributed by atoms with van der Waals surface area (Å²) >= 11 is 1.82. The van der Waals surface area contributed by atoms with Crippen molar-refractivity contribution in [2.24, 2.45) is 0 Å². The van der Waals surface area contributed by atoms with Crippen LogP contribution in [0.15, 0.2) is 152 Å². The predicted octanol–water partition coefficient (Wildman–Crippen LogP) is 11.8. The third-order valence-corrected chi connectivity index (χ3v) is 10.7. The van der Waals surface area contributed by atoms with E-state index in [1.807, 2.05) is 17.4 Å². The SMILES string of the molecule is N#Cc1ccc2c(c1)c1c3c(ccc1n2-c1cccc(-c2cccc(-n4c5ccccc5c5ccccc54)c2)c1)sc1ccccc13. The number of thiophene rings is 1. The second-order valence-corrected chi connectivity index (χ2v) is 13.2. The summed E-state index contributed by atoms with van der Waals surface area (Å²) in [6, 6.07) is 56.5. The molecule has 7 aromatic carbocycles. The van der Waals surface area contributed by atoms with Gasteiger partial charge < -0.3 is 9.13 Å². The van der Waals surface area contributed by atoms with Crippen molar-refractivity contribution < 1.29 is 0 Å². The molecule has 0 atom stereocenters. The van der Waals surface area contributed by atoms with Crippen molar-refractivity contribution in [3.63, 3.8) is 0 Å². The van der Waals surface area contributed by atoms with Gasteiger partial charge in [-0.2, -0.15) is 5.26 Å². The molecule has 0 N–H and O–H groups in total. The fourth-order valence-electron chi connectivity index (χ4n) is 7.52. The van der Waals surface area contributed by atoms with Crippen molar-refractivity contribution in [3.8, 4) is 28.6 Å². The standard InChI is InChI=1S/C43H25N3S/c44-26-27-19-20-38-35(23-27)42-39(21-22-41-43(42)34-15-3-6-18-40(34)47-41)46(38)31-12-8-10-29(25-31)28-9-7-11-30(24-28)45-36-16-4-1-13-32(36)33-14-2-5-17-37(33)45/h1-25H. The fraction of sp³-hybridized carbons (Fsp3) is 0. The first-order valence-electron chi connectivity index (χ1n) is 15.7. The first kappa shape index (κ1) is 26.1. The molecule has 0 unspecified atom stereocenters. The van der Waals surface area contributed by atoms with Gasteiger partial charge in [0.25, 0.3) is 0 Å². The van der Waals surface area contributed by atoms with E-state index < -0.39 is 0 Å². The summed E-state index contributed by atoms with van der Waals surface area (Å²) in [4.78, 5) is 0. The Kier molecular flexibility index (Phi) is 5.51. The molecule has 0 aliphatic heterocycles. The lowest BCUT2D eigenvalue weighted by molar-refractivity contribution is 1.17. The van der Waals surface area contributed by atoms with Gasteiger partial charge in [0.15, 0.2) is 0 Å². The molecular weight excluding hydrogens is 591 g/mol. The van der Waals surface area contributed by atoms with E-state index in [1.165, 1.54) is 47.4 Å². The highest BCUT2D eigenvalue weighted by atomic mass is 32.1. The number of hydrogen-bond donors (Lipinski definition) is 0. The summed E-state index contributed by atoms with van der Waals surface area (Å²) in [5.74, 6) is 0. The van der Waals surface area contributed by atoms with Crippen molar-refractivity contribution in [2.45, 2.75) is 0 Å². The highest BCUT2D eigenvalue weighted by Crippen LogP contribution is 2.44. The smallest absolute Gasteiger partial charge is 0.0991 e. The minimum absolute atomic E-state index is 0.670. The number of fused-ring (bicyclic) bond motifs is 10. The quantitative estimate of drug-likeness (QED) is 0.195. The Morgan fingerprint density at radius 1 is 0.426 bits per heavy atom. The zero-order valence-corrected chi connectivity index (χ0v) is 26.0. The molecule has 10 aromatic rings. The van der Waals surface area contributed by atoms with Crippen LogP contribution in [0.25, 0.3) is 86.3 Å². The van der Waals surface area contributed by atoms with Gasteiger partial charge >= 0.3 is 0 Å². The Hall–Kier alpha value is -6.15. The molecule has 10 rings (SSSR count). The number of rotatable bonds is 3. The number of aromatic nitrogens is 2. The zero-order valence-electron chi connectivity index (χ0n) is 25.2. The monoisotopic (exact) mass is 615 g/mol. The van der Waals surface area contributed by atoms with Crippen molar-refractivity contribution >= 4 is 75.1 Å². The number of hydrogen-bond acceptors (Lipinski definition) is 2. The average molecular weight is 616 g/mol. The van der Waals surface area contributed by atoms with Crippen LogP contribution in [0.2, 0.25) is 0 Å². The van der Waals surface area contributed by atoms with E-state index >= 15 is 0 Å². The van der Waals surface area contributed by atoms with Crippen LogP contribution < -0.4 is 0 Å². The van der Waals surface area contributed by atoms with Gasteiger partial charge in [0.2, 0.25) is 0 Å². The van der Waals surface area contributed by atoms with Crippen molar-refractivity contribution in [1.82, 2.24) is 9.13 Å². The normalized spacial score (nSPS) is 11.8. The second-order valence-electron chi connectivity index (χ2n) is 12.1. The van der Waals surface area contributed by atoms with Crippen LogP contribution in [-0.4, -0.2) is 9.13 Å². The Morgan fingerprint density at radius 2 is 1.00 bits per heavy atom. The Labute approximate surface area is 274 Å². The third-order valence-electron chi connectivity index (χ3n) is 9.52. The van der Waals surface area contributed by atoms with Gasteiger partial charge in [-0.25, -0.2) is 0 Å². The summed E-state index contributed by atoms with van der Waals surface area (Å²) in [6.07, 6.45) is 0. The molecule has 0 amide bonds. The summed E-state index contributed by atoms with van der Waals surface area (Å²) in [5, 5.41) is 17.2. The minimum atomic E-state index is 0.670. The van der Waals surface area contributed by atoms with Gasteiger partial charge in [0.05, 0.1) is 33.7 Å². The first-order chi connectivity index (χ1) is 23.3. The molecular formula is C43H25N3S. The lowest BCUT2D eigenvalue weighted by Gasteiger charge is -2.13. The van der Waals surface area contributed by atoms with Gasteiger partial charge in [-0.15, -0.1) is 11.3 Å². The summed E-state index contributed by atoms with van der Waals surface area (Å²) in [7, 11) is 0. The predicted molar refractivity (Wildman–Crippen MR) is 198 cm³/mol. The Balaban J connectivity index is 1.20. The van der Waals surface area contributed by atoms with E-state index in [4.69, 9.17) is 0 Å². The van der Waals surface area contributed by atoms with Crippen LogP contribution in [0, 0.1) is 11.3 Å². The van der Waals surface area contributed by atoms with Gasteiger partial charge in [-0.05, 0) is 83.9 Å². The molecule has 0 aliphatic carbocycles. The van der Waals surface area contributed by atoms with Crippen LogP contribution in [0.3, 0.4) is 0 Å². The van der Waals surface area contributed by atoms with Gasteiger partial charge in [-0.1, -0.05) is 78.9 Å². The molecule has 3 aromatic heterocycles. The number of nitriles is 1. The van der Waals surface area contributed by atoms with E-state index in [2.05, 4.69) is 161 Å². The molecule has 4 heteroatoms. The molecule has 0 spiro atoms. The maximum Gasteiger partial charge on any atom is 0.0991 e. The lowest BCUT2D eigenvalue weighted by Crippen LogP contribution is -1.96. The second kappa shape index (κ2) is 9.92. The highest BCUT2D eigenvalue weighted by molar-refractivity contribution is 7.26. The molecule has 3 nitrogen and oxygen atoms in total. The summed E-state index contributed by atoms with van der Waals surface area (Å²) in [5.41, 5.74) is 9.85. The van der Waals surface area contributed by atoms with Gasteiger partial charge in [-0.3, -0.25) is 0 Å². The molecule has 47 heavy (non-hydrogen) atoms. The minimum Gasteiger partial charge on any atom is -0.309 e. The largest absolute Gasteiger partial charge is 0.309 e. The van der Waals surface area contributed by atoms with E-state index in [-0.39, 0.29) is 0 Å². The summed E-state index contributed by atoms with van der Waals surface area (Å²) in [6.45, 7) is 0. The maximum atomic E-state index is 9.85. The van der Waals surface area contributed by atoms with Crippen molar-refractivity contribution in [3.05, 3.63) is 157 Å². The van der Waals surface area contributed by atoms with Crippen LogP contribution in [0.5, 0.6) is 0 Å². The molecule has 0 fully saturated rings.